The number of fused-ring (bicyclic) bond motifs is 1. The Morgan fingerprint density at radius 3 is 2.67 bits per heavy atom. The summed E-state index contributed by atoms with van der Waals surface area (Å²) in [6.45, 7) is 0. The molecular formula is C17H21N3O4. The molecule has 1 saturated carbocycles. The number of aryl methyl sites for hydroxylation is 1. The van der Waals surface area contributed by atoms with Crippen molar-refractivity contribution in [3.63, 3.8) is 0 Å². The van der Waals surface area contributed by atoms with Crippen molar-refractivity contribution in [3.8, 4) is 0 Å². The zero-order valence-corrected chi connectivity index (χ0v) is 13.5. The molecule has 0 saturated heterocycles. The number of aromatic amines is 1. The molecule has 7 nitrogen and oxygen atoms in total. The van der Waals surface area contributed by atoms with Gasteiger partial charge in [0, 0.05) is 12.6 Å². The van der Waals surface area contributed by atoms with E-state index in [0.29, 0.717) is 16.6 Å². The Morgan fingerprint density at radius 2 is 2.00 bits per heavy atom. The van der Waals surface area contributed by atoms with Gasteiger partial charge in [0.1, 0.15) is 6.04 Å². The number of hydrogen-bond acceptors (Lipinski definition) is 3. The SMILES string of the molecule is Cn1c(=O)[nH]c2ccc(C(=O)NC(C(=O)O)C3CCCCC3)cc21. The minimum atomic E-state index is -0.995. The molecule has 1 aromatic carbocycles. The molecule has 1 amide bonds. The second kappa shape index (κ2) is 6.51. The number of amides is 1. The largest absolute Gasteiger partial charge is 0.480 e. The van der Waals surface area contributed by atoms with Crippen LogP contribution in [0, 0.1) is 5.92 Å². The van der Waals surface area contributed by atoms with Crippen LogP contribution in [0.2, 0.25) is 0 Å². The molecular weight excluding hydrogens is 310 g/mol. The first-order valence-corrected chi connectivity index (χ1v) is 8.20. The van der Waals surface area contributed by atoms with Crippen LogP contribution < -0.4 is 11.0 Å². The highest BCUT2D eigenvalue weighted by Crippen LogP contribution is 2.27. The van der Waals surface area contributed by atoms with E-state index in [1.807, 2.05) is 0 Å². The molecule has 24 heavy (non-hydrogen) atoms. The third-order valence-electron chi connectivity index (χ3n) is 4.84. The summed E-state index contributed by atoms with van der Waals surface area (Å²) in [4.78, 5) is 38.4. The van der Waals surface area contributed by atoms with Crippen molar-refractivity contribution >= 4 is 22.9 Å². The fourth-order valence-electron chi connectivity index (χ4n) is 3.44. The molecule has 1 heterocycles. The van der Waals surface area contributed by atoms with Gasteiger partial charge in [-0.05, 0) is 37.0 Å². The van der Waals surface area contributed by atoms with Crippen molar-refractivity contribution in [1.82, 2.24) is 14.9 Å². The highest BCUT2D eigenvalue weighted by atomic mass is 16.4. The number of aromatic nitrogens is 2. The second-order valence-corrected chi connectivity index (χ2v) is 6.41. The Morgan fingerprint density at radius 1 is 1.29 bits per heavy atom. The average Bonchev–Trinajstić information content (AvgIpc) is 2.87. The molecule has 1 unspecified atom stereocenters. The first kappa shape index (κ1) is 16.3. The lowest BCUT2D eigenvalue weighted by molar-refractivity contribution is -0.141. The van der Waals surface area contributed by atoms with Crippen molar-refractivity contribution in [2.24, 2.45) is 13.0 Å². The van der Waals surface area contributed by atoms with Gasteiger partial charge >= 0.3 is 11.7 Å². The van der Waals surface area contributed by atoms with E-state index in [2.05, 4.69) is 10.3 Å². The van der Waals surface area contributed by atoms with Crippen molar-refractivity contribution < 1.29 is 14.7 Å². The maximum Gasteiger partial charge on any atom is 0.326 e. The monoisotopic (exact) mass is 331 g/mol. The Hall–Kier alpha value is -2.57. The Balaban J connectivity index is 1.83. The van der Waals surface area contributed by atoms with Crippen LogP contribution in [0.15, 0.2) is 23.0 Å². The molecule has 1 aromatic heterocycles. The fraction of sp³-hybridized carbons (Fsp3) is 0.471. The van der Waals surface area contributed by atoms with Gasteiger partial charge in [0.05, 0.1) is 11.0 Å². The maximum atomic E-state index is 12.5. The standard InChI is InChI=1S/C17H21N3O4/c1-20-13-9-11(7-8-12(13)18-17(20)24)15(21)19-14(16(22)23)10-5-3-2-4-6-10/h7-10,14H,2-6H2,1H3,(H,18,24)(H,19,21)(H,22,23). The van der Waals surface area contributed by atoms with Crippen molar-refractivity contribution in [2.45, 2.75) is 38.1 Å². The molecule has 128 valence electrons. The lowest BCUT2D eigenvalue weighted by Crippen LogP contribution is -2.46. The molecule has 0 bridgehead atoms. The fourth-order valence-corrected chi connectivity index (χ4v) is 3.44. The predicted molar refractivity (Wildman–Crippen MR) is 89.0 cm³/mol. The number of nitrogens with one attached hydrogen (secondary N) is 2. The number of carbonyl (C=O) groups is 2. The Labute approximate surface area is 138 Å². The molecule has 7 heteroatoms. The molecule has 1 atom stereocenters. The quantitative estimate of drug-likeness (QED) is 0.792. The Kier molecular flexibility index (Phi) is 4.42. The number of rotatable bonds is 4. The van der Waals surface area contributed by atoms with Gasteiger partial charge in [0.2, 0.25) is 0 Å². The van der Waals surface area contributed by atoms with Crippen LogP contribution >= 0.6 is 0 Å². The van der Waals surface area contributed by atoms with Crippen molar-refractivity contribution in [1.29, 1.82) is 0 Å². The van der Waals surface area contributed by atoms with Crippen LogP contribution in [-0.4, -0.2) is 32.6 Å². The normalized spacial score (nSPS) is 16.9. The number of carboxylic acids is 1. The molecule has 0 spiro atoms. The molecule has 1 fully saturated rings. The minimum absolute atomic E-state index is 0.0273. The first-order valence-electron chi connectivity index (χ1n) is 8.20. The number of H-pyrrole nitrogens is 1. The van der Waals surface area contributed by atoms with E-state index >= 15 is 0 Å². The first-order chi connectivity index (χ1) is 11.5. The van der Waals surface area contributed by atoms with Gasteiger partial charge in [-0.25, -0.2) is 9.59 Å². The number of imidazole rings is 1. The van der Waals surface area contributed by atoms with Gasteiger partial charge in [-0.2, -0.15) is 0 Å². The number of hydrogen-bond donors (Lipinski definition) is 3. The summed E-state index contributed by atoms with van der Waals surface area (Å²) in [5.41, 5.74) is 1.34. The third-order valence-corrected chi connectivity index (χ3v) is 4.84. The van der Waals surface area contributed by atoms with Crippen LogP contribution in [0.25, 0.3) is 11.0 Å². The zero-order chi connectivity index (χ0) is 17.3. The summed E-state index contributed by atoms with van der Waals surface area (Å²) in [5.74, 6) is -1.45. The maximum absolute atomic E-state index is 12.5. The van der Waals surface area contributed by atoms with Gasteiger partial charge in [-0.1, -0.05) is 19.3 Å². The number of benzene rings is 1. The average molecular weight is 331 g/mol. The van der Waals surface area contributed by atoms with Crippen LogP contribution in [0.3, 0.4) is 0 Å². The second-order valence-electron chi connectivity index (χ2n) is 6.41. The molecule has 3 N–H and O–H groups in total. The zero-order valence-electron chi connectivity index (χ0n) is 13.5. The molecule has 0 radical (unpaired) electrons. The summed E-state index contributed by atoms with van der Waals surface area (Å²) in [7, 11) is 1.62. The smallest absolute Gasteiger partial charge is 0.326 e. The van der Waals surface area contributed by atoms with Crippen molar-refractivity contribution in [3.05, 3.63) is 34.2 Å². The van der Waals surface area contributed by atoms with Crippen LogP contribution in [0.5, 0.6) is 0 Å². The highest BCUT2D eigenvalue weighted by Gasteiger charge is 2.31. The van der Waals surface area contributed by atoms with Gasteiger partial charge in [0.15, 0.2) is 0 Å². The predicted octanol–water partition coefficient (Wildman–Crippen LogP) is 1.63. The lowest BCUT2D eigenvalue weighted by Gasteiger charge is -2.28. The molecule has 0 aliphatic heterocycles. The van der Waals surface area contributed by atoms with Gasteiger partial charge < -0.3 is 15.4 Å². The van der Waals surface area contributed by atoms with E-state index in [1.165, 1.54) is 4.57 Å². The Bertz CT molecular complexity index is 830. The number of aliphatic carboxylic acids is 1. The topological polar surface area (TPSA) is 104 Å². The number of carboxylic acid groups (broad SMARTS) is 1. The van der Waals surface area contributed by atoms with E-state index in [-0.39, 0.29) is 11.6 Å². The van der Waals surface area contributed by atoms with E-state index in [0.717, 1.165) is 32.1 Å². The molecule has 1 aliphatic rings. The third kappa shape index (κ3) is 3.06. The summed E-state index contributed by atoms with van der Waals surface area (Å²) >= 11 is 0. The summed E-state index contributed by atoms with van der Waals surface area (Å²) in [6.07, 6.45) is 4.77. The van der Waals surface area contributed by atoms with Crippen molar-refractivity contribution in [2.75, 3.05) is 0 Å². The van der Waals surface area contributed by atoms with Gasteiger partial charge in [-0.3, -0.25) is 9.36 Å². The highest BCUT2D eigenvalue weighted by molar-refractivity contribution is 5.99. The number of carbonyl (C=O) groups excluding carboxylic acids is 1. The van der Waals surface area contributed by atoms with E-state index < -0.39 is 17.9 Å². The van der Waals surface area contributed by atoms with E-state index in [1.54, 1.807) is 25.2 Å². The summed E-state index contributed by atoms with van der Waals surface area (Å²) in [6, 6.07) is 3.97. The van der Waals surface area contributed by atoms with E-state index in [9.17, 15) is 19.5 Å². The van der Waals surface area contributed by atoms with Gasteiger partial charge in [-0.15, -0.1) is 0 Å². The molecule has 3 rings (SSSR count). The lowest BCUT2D eigenvalue weighted by atomic mass is 9.84. The van der Waals surface area contributed by atoms with Crippen LogP contribution in [-0.2, 0) is 11.8 Å². The molecule has 2 aromatic rings. The summed E-state index contributed by atoms with van der Waals surface area (Å²) < 4.78 is 1.42. The van der Waals surface area contributed by atoms with E-state index in [4.69, 9.17) is 0 Å². The molecule has 1 aliphatic carbocycles. The van der Waals surface area contributed by atoms with Crippen LogP contribution in [0.1, 0.15) is 42.5 Å². The minimum Gasteiger partial charge on any atom is -0.480 e. The summed E-state index contributed by atoms with van der Waals surface area (Å²) in [5, 5.41) is 12.1. The van der Waals surface area contributed by atoms with Gasteiger partial charge in [0.25, 0.3) is 5.91 Å². The van der Waals surface area contributed by atoms with Crippen LogP contribution in [0.4, 0.5) is 0 Å². The number of nitrogens with zero attached hydrogens (tertiary/aromatic N) is 1.